The summed E-state index contributed by atoms with van der Waals surface area (Å²) in [5.41, 5.74) is 0.179. The van der Waals surface area contributed by atoms with Crippen LogP contribution in [0.3, 0.4) is 0 Å². The number of rotatable bonds is 1. The predicted octanol–water partition coefficient (Wildman–Crippen LogP) is 3.02. The van der Waals surface area contributed by atoms with Crippen LogP contribution in [-0.2, 0) is 4.74 Å². The lowest BCUT2D eigenvalue weighted by molar-refractivity contribution is 0.0143. The van der Waals surface area contributed by atoms with Gasteiger partial charge in [-0.2, -0.15) is 0 Å². The first-order valence-electron chi connectivity index (χ1n) is 8.58. The van der Waals surface area contributed by atoms with E-state index in [9.17, 15) is 4.79 Å². The largest absolute Gasteiger partial charge is 0.444 e. The number of nitrogens with zero attached hydrogens (tertiary/aromatic N) is 1. The van der Waals surface area contributed by atoms with Crippen molar-refractivity contribution >= 4 is 6.09 Å². The summed E-state index contributed by atoms with van der Waals surface area (Å²) in [4.78, 5) is 14.2. The summed E-state index contributed by atoms with van der Waals surface area (Å²) in [6.07, 6.45) is 6.36. The average molecular weight is 294 g/mol. The lowest BCUT2D eigenvalue weighted by atomic mass is 9.85. The van der Waals surface area contributed by atoms with Gasteiger partial charge in [0, 0.05) is 19.6 Å². The molecule has 1 amide bonds. The highest BCUT2D eigenvalue weighted by atomic mass is 16.6. The van der Waals surface area contributed by atoms with Crippen LogP contribution in [0, 0.1) is 17.3 Å². The Morgan fingerprint density at radius 1 is 1.33 bits per heavy atom. The van der Waals surface area contributed by atoms with Crippen molar-refractivity contribution < 1.29 is 9.53 Å². The molecular weight excluding hydrogens is 264 g/mol. The number of carbonyl (C=O) groups is 1. The van der Waals surface area contributed by atoms with Crippen molar-refractivity contribution in [1.82, 2.24) is 10.2 Å². The second-order valence-corrected chi connectivity index (χ2v) is 8.28. The zero-order valence-electron chi connectivity index (χ0n) is 13.8. The Labute approximate surface area is 128 Å². The third-order valence-corrected chi connectivity index (χ3v) is 5.44. The molecule has 3 aliphatic rings. The van der Waals surface area contributed by atoms with Gasteiger partial charge in [-0.15, -0.1) is 0 Å². The van der Waals surface area contributed by atoms with Crippen LogP contribution in [0.25, 0.3) is 0 Å². The Bertz CT molecular complexity index is 396. The van der Waals surface area contributed by atoms with E-state index in [4.69, 9.17) is 4.74 Å². The molecule has 2 heterocycles. The molecule has 0 aromatic rings. The monoisotopic (exact) mass is 294 g/mol. The Balaban J connectivity index is 1.56. The van der Waals surface area contributed by atoms with Gasteiger partial charge in [-0.25, -0.2) is 4.79 Å². The third-order valence-electron chi connectivity index (χ3n) is 5.44. The van der Waals surface area contributed by atoms with Crippen LogP contribution in [0.15, 0.2) is 0 Å². The number of hydrogen-bond acceptors (Lipinski definition) is 3. The second kappa shape index (κ2) is 5.45. The maximum atomic E-state index is 12.3. The van der Waals surface area contributed by atoms with E-state index in [1.54, 1.807) is 0 Å². The SMILES string of the molecule is CC(C)(C)OC(=O)N1CCCC(C2CC23CCCNC3)C1. The van der Waals surface area contributed by atoms with Crippen molar-refractivity contribution in [1.29, 1.82) is 0 Å². The molecule has 4 nitrogen and oxygen atoms in total. The number of likely N-dealkylation sites (tertiary alicyclic amines) is 1. The summed E-state index contributed by atoms with van der Waals surface area (Å²) >= 11 is 0. The van der Waals surface area contributed by atoms with Gasteiger partial charge < -0.3 is 15.0 Å². The second-order valence-electron chi connectivity index (χ2n) is 8.28. The van der Waals surface area contributed by atoms with E-state index in [0.717, 1.165) is 25.4 Å². The highest BCUT2D eigenvalue weighted by Crippen LogP contribution is 2.61. The van der Waals surface area contributed by atoms with Crippen molar-refractivity contribution in [2.75, 3.05) is 26.2 Å². The van der Waals surface area contributed by atoms with Gasteiger partial charge in [0.05, 0.1) is 0 Å². The normalized spacial score (nSPS) is 36.6. The molecule has 2 saturated heterocycles. The number of amides is 1. The Morgan fingerprint density at radius 2 is 2.14 bits per heavy atom. The highest BCUT2D eigenvalue weighted by Gasteiger charge is 2.57. The molecule has 0 bridgehead atoms. The van der Waals surface area contributed by atoms with Crippen molar-refractivity contribution in [2.45, 2.75) is 58.5 Å². The molecule has 3 atom stereocenters. The third kappa shape index (κ3) is 3.36. The van der Waals surface area contributed by atoms with Gasteiger partial charge in [-0.05, 0) is 76.7 Å². The summed E-state index contributed by atoms with van der Waals surface area (Å²) < 4.78 is 5.54. The molecule has 2 aliphatic heterocycles. The van der Waals surface area contributed by atoms with Crippen LogP contribution in [0.4, 0.5) is 4.79 Å². The first-order chi connectivity index (χ1) is 9.90. The number of hydrogen-bond donors (Lipinski definition) is 1. The van der Waals surface area contributed by atoms with E-state index in [0.29, 0.717) is 11.3 Å². The van der Waals surface area contributed by atoms with Crippen molar-refractivity contribution in [3.8, 4) is 0 Å². The molecule has 1 saturated carbocycles. The number of carbonyl (C=O) groups excluding carboxylic acids is 1. The van der Waals surface area contributed by atoms with Crippen LogP contribution in [0.1, 0.15) is 52.9 Å². The van der Waals surface area contributed by atoms with E-state index in [1.807, 2.05) is 25.7 Å². The maximum absolute atomic E-state index is 12.3. The van der Waals surface area contributed by atoms with E-state index in [-0.39, 0.29) is 6.09 Å². The summed E-state index contributed by atoms with van der Waals surface area (Å²) in [6.45, 7) is 9.97. The molecule has 0 radical (unpaired) electrons. The van der Waals surface area contributed by atoms with Gasteiger partial charge in [-0.3, -0.25) is 0 Å². The predicted molar refractivity (Wildman–Crippen MR) is 83.2 cm³/mol. The zero-order valence-corrected chi connectivity index (χ0v) is 13.8. The van der Waals surface area contributed by atoms with E-state index < -0.39 is 5.60 Å². The van der Waals surface area contributed by atoms with Crippen LogP contribution < -0.4 is 5.32 Å². The first kappa shape index (κ1) is 15.1. The molecule has 21 heavy (non-hydrogen) atoms. The minimum atomic E-state index is -0.391. The summed E-state index contributed by atoms with van der Waals surface area (Å²) in [6, 6.07) is 0. The molecular formula is C17H30N2O2. The molecule has 3 rings (SSSR count). The fourth-order valence-corrected chi connectivity index (χ4v) is 4.36. The van der Waals surface area contributed by atoms with Gasteiger partial charge in [0.1, 0.15) is 5.60 Å². The maximum Gasteiger partial charge on any atom is 0.410 e. The number of piperidine rings is 2. The van der Waals surface area contributed by atoms with Crippen molar-refractivity contribution in [2.24, 2.45) is 17.3 Å². The average Bonchev–Trinajstić information content (AvgIpc) is 3.11. The zero-order chi connectivity index (χ0) is 15.1. The van der Waals surface area contributed by atoms with Crippen LogP contribution in [0.2, 0.25) is 0 Å². The quantitative estimate of drug-likeness (QED) is 0.808. The molecule has 120 valence electrons. The minimum Gasteiger partial charge on any atom is -0.444 e. The minimum absolute atomic E-state index is 0.122. The molecule has 3 unspecified atom stereocenters. The molecule has 4 heteroatoms. The van der Waals surface area contributed by atoms with Crippen LogP contribution in [-0.4, -0.2) is 42.8 Å². The van der Waals surface area contributed by atoms with Crippen LogP contribution in [0.5, 0.6) is 0 Å². The van der Waals surface area contributed by atoms with E-state index in [1.165, 1.54) is 38.8 Å². The Hall–Kier alpha value is -0.770. The summed E-state index contributed by atoms with van der Waals surface area (Å²) in [7, 11) is 0. The first-order valence-corrected chi connectivity index (χ1v) is 8.58. The van der Waals surface area contributed by atoms with Gasteiger partial charge in [-0.1, -0.05) is 0 Å². The van der Waals surface area contributed by atoms with Gasteiger partial charge in [0.2, 0.25) is 0 Å². The topological polar surface area (TPSA) is 41.6 Å². The van der Waals surface area contributed by atoms with Gasteiger partial charge >= 0.3 is 6.09 Å². The summed E-state index contributed by atoms with van der Waals surface area (Å²) in [5, 5.41) is 3.57. The number of ether oxygens (including phenoxy) is 1. The molecule has 0 aromatic carbocycles. The van der Waals surface area contributed by atoms with Gasteiger partial charge in [0.25, 0.3) is 0 Å². The molecule has 1 N–H and O–H groups in total. The standard InChI is InChI=1S/C17H30N2O2/c1-16(2,3)21-15(20)19-9-4-6-13(11-19)14-10-17(14)7-5-8-18-12-17/h13-14,18H,4-12H2,1-3H3. The lowest BCUT2D eigenvalue weighted by Gasteiger charge is -2.36. The molecule has 0 aromatic heterocycles. The van der Waals surface area contributed by atoms with Gasteiger partial charge in [0.15, 0.2) is 0 Å². The smallest absolute Gasteiger partial charge is 0.410 e. The fraction of sp³-hybridized carbons (Fsp3) is 0.941. The van der Waals surface area contributed by atoms with E-state index in [2.05, 4.69) is 5.32 Å². The molecule has 1 spiro atoms. The fourth-order valence-electron chi connectivity index (χ4n) is 4.36. The van der Waals surface area contributed by atoms with E-state index >= 15 is 0 Å². The molecule has 1 aliphatic carbocycles. The molecule has 3 fully saturated rings. The Kier molecular flexibility index (Phi) is 3.93. The van der Waals surface area contributed by atoms with Crippen molar-refractivity contribution in [3.05, 3.63) is 0 Å². The van der Waals surface area contributed by atoms with Crippen LogP contribution >= 0.6 is 0 Å². The Morgan fingerprint density at radius 3 is 2.81 bits per heavy atom. The number of nitrogens with one attached hydrogen (secondary N) is 1. The summed E-state index contributed by atoms with van der Waals surface area (Å²) in [5.74, 6) is 1.52. The highest BCUT2D eigenvalue weighted by molar-refractivity contribution is 5.68. The lowest BCUT2D eigenvalue weighted by Crippen LogP contribution is -2.44. The van der Waals surface area contributed by atoms with Crippen molar-refractivity contribution in [3.63, 3.8) is 0 Å².